The average Bonchev–Trinajstić information content (AvgIpc) is 3.43. The minimum absolute atomic E-state index is 0.179. The van der Waals surface area contributed by atoms with Crippen molar-refractivity contribution < 1.29 is 14.4 Å². The summed E-state index contributed by atoms with van der Waals surface area (Å²) in [5, 5.41) is 13.4. The second-order valence-electron chi connectivity index (χ2n) is 9.54. The summed E-state index contributed by atoms with van der Waals surface area (Å²) in [6.45, 7) is 6.54. The highest BCUT2D eigenvalue weighted by Crippen LogP contribution is 2.31. The van der Waals surface area contributed by atoms with Gasteiger partial charge in [-0.2, -0.15) is 4.98 Å². The molecule has 0 spiro atoms. The molecule has 0 saturated carbocycles. The maximum Gasteiger partial charge on any atom is 0.415 e. The van der Waals surface area contributed by atoms with Crippen molar-refractivity contribution in [3.8, 4) is 40.1 Å². The molecule has 0 aliphatic rings. The quantitative estimate of drug-likeness (QED) is 0.215. The standard InChI is InChI=1S/C32H32N4O4/c1-4-9-28-33-27(6-3)29(39-24-18-14-21(5-2)15-19-24)31(37)36(28)20-22-12-16-23(17-13-22)25-10-7-8-11-26(25)30-34-32(38)40-35-30/h7-8,10-19H,4-6,9,20H2,1-3H3,(H,34,35,38). The molecule has 0 atom stereocenters. The van der Waals surface area contributed by atoms with E-state index in [1.807, 2.05) is 79.7 Å². The van der Waals surface area contributed by atoms with Gasteiger partial charge in [-0.15, -0.1) is 0 Å². The second-order valence-corrected chi connectivity index (χ2v) is 9.54. The molecule has 0 bridgehead atoms. The van der Waals surface area contributed by atoms with E-state index in [1.165, 1.54) is 5.56 Å². The molecule has 0 unspecified atom stereocenters. The predicted molar refractivity (Wildman–Crippen MR) is 154 cm³/mol. The molecule has 2 aromatic heterocycles. The van der Waals surface area contributed by atoms with E-state index in [4.69, 9.17) is 14.2 Å². The van der Waals surface area contributed by atoms with Crippen molar-refractivity contribution in [2.45, 2.75) is 53.0 Å². The molecule has 0 saturated heterocycles. The fraction of sp³-hybridized carbons (Fsp3) is 0.250. The maximum atomic E-state index is 13.8. The number of hydrogen-bond donors (Lipinski definition) is 1. The van der Waals surface area contributed by atoms with Crippen LogP contribution in [-0.4, -0.2) is 24.8 Å². The Morgan fingerprint density at radius 3 is 2.17 bits per heavy atom. The monoisotopic (exact) mass is 536 g/mol. The largest absolute Gasteiger partial charge is 0.464 e. The zero-order chi connectivity index (χ0) is 28.1. The number of ether oxygens (including phenoxy) is 1. The molecular formula is C32H32N4O4. The van der Waals surface area contributed by atoms with Gasteiger partial charge in [0.05, 0.1) is 12.2 Å². The molecule has 0 amide bonds. The van der Waals surface area contributed by atoms with E-state index in [1.54, 1.807) is 4.57 Å². The molecule has 0 radical (unpaired) electrons. The summed E-state index contributed by atoms with van der Waals surface area (Å²) in [5.74, 6) is 1.97. The highest BCUT2D eigenvalue weighted by Gasteiger charge is 2.18. The molecule has 0 fully saturated rings. The summed E-state index contributed by atoms with van der Waals surface area (Å²) in [6.07, 6.45) is 2.62. The second kappa shape index (κ2) is 12.0. The molecule has 2 heterocycles. The minimum Gasteiger partial charge on any atom is -0.464 e. The van der Waals surface area contributed by atoms with E-state index in [0.717, 1.165) is 40.9 Å². The third-order valence-electron chi connectivity index (χ3n) is 6.83. The number of aromatic hydroxyl groups is 1. The summed E-state index contributed by atoms with van der Waals surface area (Å²) in [6, 6.07) is 23.5. The molecule has 3 aromatic carbocycles. The number of aryl methyl sites for hydroxylation is 3. The molecule has 5 aromatic rings. The van der Waals surface area contributed by atoms with Crippen molar-refractivity contribution >= 4 is 0 Å². The molecular weight excluding hydrogens is 504 g/mol. The van der Waals surface area contributed by atoms with Crippen molar-refractivity contribution in [1.29, 1.82) is 0 Å². The average molecular weight is 537 g/mol. The van der Waals surface area contributed by atoms with Gasteiger partial charge >= 0.3 is 6.08 Å². The van der Waals surface area contributed by atoms with Gasteiger partial charge in [0, 0.05) is 12.0 Å². The van der Waals surface area contributed by atoms with Crippen LogP contribution in [0, 0.1) is 0 Å². The zero-order valence-electron chi connectivity index (χ0n) is 22.9. The molecule has 5 rings (SSSR count). The van der Waals surface area contributed by atoms with Gasteiger partial charge in [0.2, 0.25) is 11.6 Å². The van der Waals surface area contributed by atoms with Crippen LogP contribution >= 0.6 is 0 Å². The van der Waals surface area contributed by atoms with Gasteiger partial charge in [0.25, 0.3) is 5.56 Å². The lowest BCUT2D eigenvalue weighted by Gasteiger charge is -2.17. The molecule has 0 aliphatic carbocycles. The maximum absolute atomic E-state index is 13.8. The summed E-state index contributed by atoms with van der Waals surface area (Å²) in [4.78, 5) is 22.7. The first-order valence-electron chi connectivity index (χ1n) is 13.6. The SMILES string of the molecule is CCCc1nc(CC)c(Oc2ccc(CC)cc2)c(=O)n1Cc1ccc(-c2ccccc2-c2noc(O)n2)cc1. The molecule has 8 nitrogen and oxygen atoms in total. The Labute approximate surface area is 232 Å². The Kier molecular flexibility index (Phi) is 8.05. The van der Waals surface area contributed by atoms with Gasteiger partial charge in [-0.05, 0) is 53.6 Å². The van der Waals surface area contributed by atoms with Crippen LogP contribution in [0.25, 0.3) is 22.5 Å². The van der Waals surface area contributed by atoms with Crippen LogP contribution in [0.1, 0.15) is 49.8 Å². The van der Waals surface area contributed by atoms with Crippen molar-refractivity contribution in [3.63, 3.8) is 0 Å². The Morgan fingerprint density at radius 1 is 0.850 bits per heavy atom. The smallest absolute Gasteiger partial charge is 0.415 e. The Bertz CT molecular complexity index is 1650. The van der Waals surface area contributed by atoms with Gasteiger partial charge < -0.3 is 9.84 Å². The molecule has 1 N–H and O–H groups in total. The van der Waals surface area contributed by atoms with E-state index >= 15 is 0 Å². The summed E-state index contributed by atoms with van der Waals surface area (Å²) in [5.41, 5.74) is 5.25. The molecule has 204 valence electrons. The Morgan fingerprint density at radius 2 is 1.55 bits per heavy atom. The van der Waals surface area contributed by atoms with Crippen LogP contribution in [0.15, 0.2) is 82.1 Å². The lowest BCUT2D eigenvalue weighted by molar-refractivity contribution is 0.267. The first-order valence-corrected chi connectivity index (χ1v) is 13.6. The zero-order valence-corrected chi connectivity index (χ0v) is 22.9. The minimum atomic E-state index is -0.475. The van der Waals surface area contributed by atoms with Crippen LogP contribution < -0.4 is 10.3 Å². The van der Waals surface area contributed by atoms with Crippen molar-refractivity contribution in [2.24, 2.45) is 0 Å². The number of aromatic nitrogens is 4. The summed E-state index contributed by atoms with van der Waals surface area (Å²) >= 11 is 0. The van der Waals surface area contributed by atoms with Gasteiger partial charge in [0.1, 0.15) is 11.6 Å². The number of nitrogens with zero attached hydrogens (tertiary/aromatic N) is 4. The normalized spacial score (nSPS) is 11.1. The van der Waals surface area contributed by atoms with Crippen LogP contribution in [0.5, 0.6) is 17.6 Å². The summed E-state index contributed by atoms with van der Waals surface area (Å²) < 4.78 is 12.6. The fourth-order valence-electron chi connectivity index (χ4n) is 4.69. The van der Waals surface area contributed by atoms with E-state index in [-0.39, 0.29) is 11.3 Å². The van der Waals surface area contributed by atoms with Crippen molar-refractivity contribution in [3.05, 3.63) is 106 Å². The third-order valence-corrected chi connectivity index (χ3v) is 6.83. The number of hydrogen-bond acceptors (Lipinski definition) is 7. The lowest BCUT2D eigenvalue weighted by Crippen LogP contribution is -2.28. The van der Waals surface area contributed by atoms with Crippen molar-refractivity contribution in [2.75, 3.05) is 0 Å². The van der Waals surface area contributed by atoms with Crippen LogP contribution in [0.3, 0.4) is 0 Å². The van der Waals surface area contributed by atoms with E-state index in [0.29, 0.717) is 36.7 Å². The summed E-state index contributed by atoms with van der Waals surface area (Å²) in [7, 11) is 0. The number of benzene rings is 3. The lowest BCUT2D eigenvalue weighted by atomic mass is 9.98. The van der Waals surface area contributed by atoms with E-state index < -0.39 is 6.08 Å². The third kappa shape index (κ3) is 5.66. The topological polar surface area (TPSA) is 103 Å². The highest BCUT2D eigenvalue weighted by atomic mass is 16.6. The Hall–Kier alpha value is -4.72. The van der Waals surface area contributed by atoms with Gasteiger partial charge in [-0.1, -0.05) is 86.6 Å². The number of rotatable bonds is 10. The van der Waals surface area contributed by atoms with E-state index in [9.17, 15) is 9.90 Å². The fourth-order valence-corrected chi connectivity index (χ4v) is 4.69. The van der Waals surface area contributed by atoms with Crippen LogP contribution in [0.2, 0.25) is 0 Å². The van der Waals surface area contributed by atoms with Crippen LogP contribution in [-0.2, 0) is 25.8 Å². The predicted octanol–water partition coefficient (Wildman–Crippen LogP) is 6.58. The Balaban J connectivity index is 1.48. The highest BCUT2D eigenvalue weighted by molar-refractivity contribution is 5.80. The van der Waals surface area contributed by atoms with Crippen molar-refractivity contribution in [1.82, 2.24) is 19.7 Å². The van der Waals surface area contributed by atoms with Gasteiger partial charge in [0.15, 0.2) is 0 Å². The first kappa shape index (κ1) is 26.9. The van der Waals surface area contributed by atoms with Crippen LogP contribution in [0.4, 0.5) is 0 Å². The van der Waals surface area contributed by atoms with Gasteiger partial charge in [-0.25, -0.2) is 4.98 Å². The molecule has 0 aliphatic heterocycles. The van der Waals surface area contributed by atoms with Gasteiger partial charge in [-0.3, -0.25) is 13.9 Å². The first-order chi connectivity index (χ1) is 19.5. The molecule has 40 heavy (non-hydrogen) atoms. The molecule has 8 heteroatoms. The van der Waals surface area contributed by atoms with E-state index in [2.05, 4.69) is 24.0 Å².